The highest BCUT2D eigenvalue weighted by Crippen LogP contribution is 2.43. The molecule has 0 radical (unpaired) electrons. The van der Waals surface area contributed by atoms with Crippen LogP contribution in [0.2, 0.25) is 0 Å². The number of ether oxygens (including phenoxy) is 2. The molecule has 5 rings (SSSR count). The lowest BCUT2D eigenvalue weighted by Gasteiger charge is -2.26. The topological polar surface area (TPSA) is 69.0 Å². The predicted octanol–water partition coefficient (Wildman–Crippen LogP) is 6.69. The van der Waals surface area contributed by atoms with Gasteiger partial charge < -0.3 is 13.9 Å². The number of rotatable bonds is 8. The maximum absolute atomic E-state index is 14.0. The highest BCUT2D eigenvalue weighted by atomic mass is 16.5. The molecule has 0 fully saturated rings. The van der Waals surface area contributed by atoms with Crippen LogP contribution in [0.3, 0.4) is 0 Å². The molecule has 1 aromatic heterocycles. The minimum atomic E-state index is -0.695. The van der Waals surface area contributed by atoms with Gasteiger partial charge in [0, 0.05) is 5.69 Å². The number of benzene rings is 3. The van der Waals surface area contributed by atoms with Crippen LogP contribution in [0.4, 0.5) is 5.69 Å². The third kappa shape index (κ3) is 4.26. The SMILES string of the molecule is C=CCOc1ccc(C2c3c(oc4cc(C)c(C)cc4c3=O)C(=O)N2c2ccc(CC)cc2)cc1OCC. The average molecular weight is 510 g/mol. The summed E-state index contributed by atoms with van der Waals surface area (Å²) in [5, 5.41) is 0.462. The van der Waals surface area contributed by atoms with Crippen molar-refractivity contribution in [3.05, 3.63) is 111 Å². The van der Waals surface area contributed by atoms with Gasteiger partial charge in [-0.3, -0.25) is 14.5 Å². The fraction of sp³-hybridized carbons (Fsp3) is 0.250. The summed E-state index contributed by atoms with van der Waals surface area (Å²) in [5.74, 6) is 0.818. The van der Waals surface area contributed by atoms with Crippen molar-refractivity contribution in [1.29, 1.82) is 0 Å². The second-order valence-corrected chi connectivity index (χ2v) is 9.44. The van der Waals surface area contributed by atoms with Gasteiger partial charge >= 0.3 is 0 Å². The Labute approximate surface area is 222 Å². The molecule has 1 amide bonds. The number of amides is 1. The number of hydrogen-bond acceptors (Lipinski definition) is 5. The standard InChI is InChI=1S/C32H31NO5/c1-6-15-37-25-14-11-22(18-27(25)36-8-3)29-28-30(34)24-16-19(4)20(5)17-26(24)38-31(28)32(35)33(29)23-12-9-21(7-2)10-13-23/h6,9-14,16-18,29H,1,7-8,15H2,2-5H3. The number of fused-ring (bicyclic) bond motifs is 2. The van der Waals surface area contributed by atoms with Crippen LogP contribution in [0, 0.1) is 13.8 Å². The van der Waals surface area contributed by atoms with Crippen LogP contribution >= 0.6 is 0 Å². The highest BCUT2D eigenvalue weighted by molar-refractivity contribution is 6.10. The van der Waals surface area contributed by atoms with Gasteiger partial charge in [-0.25, -0.2) is 0 Å². The Morgan fingerprint density at radius 1 is 0.947 bits per heavy atom. The molecule has 1 aliphatic heterocycles. The van der Waals surface area contributed by atoms with Gasteiger partial charge in [0.15, 0.2) is 16.9 Å². The van der Waals surface area contributed by atoms with Crippen molar-refractivity contribution in [3.63, 3.8) is 0 Å². The van der Waals surface area contributed by atoms with Gasteiger partial charge in [-0.15, -0.1) is 0 Å². The van der Waals surface area contributed by atoms with E-state index in [9.17, 15) is 9.59 Å². The van der Waals surface area contributed by atoms with Gasteiger partial charge in [-0.2, -0.15) is 0 Å². The molecule has 6 heteroatoms. The number of hydrogen-bond donors (Lipinski definition) is 0. The van der Waals surface area contributed by atoms with Gasteiger partial charge in [-0.05, 0) is 85.8 Å². The summed E-state index contributed by atoms with van der Waals surface area (Å²) in [6.07, 6.45) is 2.54. The van der Waals surface area contributed by atoms with Crippen LogP contribution in [0.15, 0.2) is 76.5 Å². The number of anilines is 1. The fourth-order valence-corrected chi connectivity index (χ4v) is 4.93. The second kappa shape index (κ2) is 10.2. The Kier molecular flexibility index (Phi) is 6.81. The van der Waals surface area contributed by atoms with Gasteiger partial charge in [0.25, 0.3) is 5.91 Å². The molecular weight excluding hydrogens is 478 g/mol. The van der Waals surface area contributed by atoms with E-state index in [2.05, 4.69) is 13.5 Å². The molecular formula is C32H31NO5. The van der Waals surface area contributed by atoms with Crippen LogP contribution in [-0.4, -0.2) is 19.1 Å². The molecule has 0 aliphatic carbocycles. The Bertz CT molecular complexity index is 1600. The van der Waals surface area contributed by atoms with E-state index in [1.54, 1.807) is 17.0 Å². The van der Waals surface area contributed by atoms with Crippen molar-refractivity contribution in [2.45, 2.75) is 40.2 Å². The lowest BCUT2D eigenvalue weighted by Crippen LogP contribution is -2.29. The van der Waals surface area contributed by atoms with E-state index < -0.39 is 6.04 Å². The fourth-order valence-electron chi connectivity index (χ4n) is 4.93. The first-order valence-corrected chi connectivity index (χ1v) is 12.9. The molecule has 0 spiro atoms. The summed E-state index contributed by atoms with van der Waals surface area (Å²) in [6.45, 7) is 12.4. The van der Waals surface area contributed by atoms with Crippen molar-refractivity contribution in [2.75, 3.05) is 18.1 Å². The van der Waals surface area contributed by atoms with Crippen molar-refractivity contribution in [3.8, 4) is 11.5 Å². The van der Waals surface area contributed by atoms with Gasteiger partial charge in [0.1, 0.15) is 12.2 Å². The molecule has 3 aromatic carbocycles. The largest absolute Gasteiger partial charge is 0.490 e. The Morgan fingerprint density at radius 3 is 2.37 bits per heavy atom. The molecule has 1 aliphatic rings. The quantitative estimate of drug-likeness (QED) is 0.248. The molecule has 0 saturated carbocycles. The molecule has 1 unspecified atom stereocenters. The summed E-state index contributed by atoms with van der Waals surface area (Å²) in [5.41, 5.74) is 5.07. The van der Waals surface area contributed by atoms with Crippen molar-refractivity contribution < 1.29 is 18.7 Å². The monoisotopic (exact) mass is 509 g/mol. The third-order valence-corrected chi connectivity index (χ3v) is 7.05. The van der Waals surface area contributed by atoms with Crippen LogP contribution < -0.4 is 19.8 Å². The summed E-state index contributed by atoms with van der Waals surface area (Å²) >= 11 is 0. The zero-order valence-electron chi connectivity index (χ0n) is 22.2. The predicted molar refractivity (Wildman–Crippen MR) is 150 cm³/mol. The molecule has 0 bridgehead atoms. The zero-order chi connectivity index (χ0) is 27.0. The molecule has 0 saturated heterocycles. The molecule has 4 aromatic rings. The highest BCUT2D eigenvalue weighted by Gasteiger charge is 2.44. The summed E-state index contributed by atoms with van der Waals surface area (Å²) < 4.78 is 17.8. The Hall–Kier alpha value is -4.32. The van der Waals surface area contributed by atoms with Crippen molar-refractivity contribution in [2.24, 2.45) is 0 Å². The van der Waals surface area contributed by atoms with E-state index in [4.69, 9.17) is 13.9 Å². The zero-order valence-corrected chi connectivity index (χ0v) is 22.2. The number of aryl methyl sites for hydroxylation is 3. The van der Waals surface area contributed by atoms with Gasteiger partial charge in [-0.1, -0.05) is 37.8 Å². The normalized spacial score (nSPS) is 14.6. The summed E-state index contributed by atoms with van der Waals surface area (Å²) in [6, 6.07) is 16.3. The maximum atomic E-state index is 14.0. The molecule has 38 heavy (non-hydrogen) atoms. The van der Waals surface area contributed by atoms with Crippen LogP contribution in [0.25, 0.3) is 11.0 Å². The van der Waals surface area contributed by atoms with Gasteiger partial charge in [0.2, 0.25) is 5.76 Å². The van der Waals surface area contributed by atoms with Crippen molar-refractivity contribution in [1.82, 2.24) is 0 Å². The molecule has 6 nitrogen and oxygen atoms in total. The first kappa shape index (κ1) is 25.3. The number of carbonyl (C=O) groups excluding carboxylic acids is 1. The molecule has 1 atom stereocenters. The first-order valence-electron chi connectivity index (χ1n) is 12.9. The molecule has 2 heterocycles. The second-order valence-electron chi connectivity index (χ2n) is 9.44. The third-order valence-electron chi connectivity index (χ3n) is 7.05. The van der Waals surface area contributed by atoms with Crippen LogP contribution in [-0.2, 0) is 6.42 Å². The van der Waals surface area contributed by atoms with E-state index in [-0.39, 0.29) is 17.1 Å². The smallest absolute Gasteiger partial charge is 0.295 e. The van der Waals surface area contributed by atoms with Gasteiger partial charge in [0.05, 0.1) is 23.6 Å². The van der Waals surface area contributed by atoms with E-state index >= 15 is 0 Å². The van der Waals surface area contributed by atoms with E-state index in [0.29, 0.717) is 46.9 Å². The number of nitrogens with zero attached hydrogens (tertiary/aromatic N) is 1. The Morgan fingerprint density at radius 2 is 1.68 bits per heavy atom. The first-order chi connectivity index (χ1) is 18.4. The van der Waals surface area contributed by atoms with Crippen molar-refractivity contribution >= 4 is 22.6 Å². The van der Waals surface area contributed by atoms with Crippen LogP contribution in [0.5, 0.6) is 11.5 Å². The van der Waals surface area contributed by atoms with Crippen LogP contribution in [0.1, 0.15) is 58.3 Å². The molecule has 0 N–H and O–H groups in total. The average Bonchev–Trinajstić information content (AvgIpc) is 3.21. The van der Waals surface area contributed by atoms with E-state index in [0.717, 1.165) is 28.7 Å². The summed E-state index contributed by atoms with van der Waals surface area (Å²) in [4.78, 5) is 29.6. The lowest BCUT2D eigenvalue weighted by atomic mass is 9.96. The van der Waals surface area contributed by atoms with E-state index in [1.165, 1.54) is 0 Å². The minimum Gasteiger partial charge on any atom is -0.490 e. The lowest BCUT2D eigenvalue weighted by molar-refractivity contribution is 0.0971. The Balaban J connectivity index is 1.75. The van der Waals surface area contributed by atoms with E-state index in [1.807, 2.05) is 69.3 Å². The minimum absolute atomic E-state index is 0.0697. The summed E-state index contributed by atoms with van der Waals surface area (Å²) in [7, 11) is 0. The maximum Gasteiger partial charge on any atom is 0.295 e. The number of carbonyl (C=O) groups is 1. The molecule has 194 valence electrons.